The molecular formula is C11H16ClF3N8O. The van der Waals surface area contributed by atoms with Gasteiger partial charge in [-0.15, -0.1) is 22.6 Å². The van der Waals surface area contributed by atoms with Crippen molar-refractivity contribution in [1.82, 2.24) is 35.3 Å². The Bertz CT molecular complexity index is 698. The maximum atomic E-state index is 12.5. The molecular weight excluding hydrogens is 353 g/mol. The molecule has 1 unspecified atom stereocenters. The van der Waals surface area contributed by atoms with E-state index in [1.54, 1.807) is 5.10 Å². The zero-order valence-corrected chi connectivity index (χ0v) is 13.6. The zero-order chi connectivity index (χ0) is 17.2. The Balaban J connectivity index is 0.00000288. The number of amides is 1. The molecule has 24 heavy (non-hydrogen) atoms. The first kappa shape index (κ1) is 19.8. The molecule has 0 aliphatic heterocycles. The number of nitrogens with two attached hydrogens (primary N) is 1. The van der Waals surface area contributed by atoms with E-state index in [2.05, 4.69) is 25.5 Å². The summed E-state index contributed by atoms with van der Waals surface area (Å²) < 4.78 is 38.5. The Morgan fingerprint density at radius 1 is 1.42 bits per heavy atom. The molecule has 2 aromatic rings. The van der Waals surface area contributed by atoms with Crippen LogP contribution < -0.4 is 11.1 Å². The van der Waals surface area contributed by atoms with Gasteiger partial charge in [0.25, 0.3) is 11.9 Å². The third-order valence-electron chi connectivity index (χ3n) is 2.92. The van der Waals surface area contributed by atoms with Gasteiger partial charge in [-0.25, -0.2) is 4.98 Å². The van der Waals surface area contributed by atoms with Gasteiger partial charge in [0.15, 0.2) is 0 Å². The van der Waals surface area contributed by atoms with Gasteiger partial charge in [-0.2, -0.15) is 22.8 Å². The minimum atomic E-state index is -4.65. The van der Waals surface area contributed by atoms with Crippen LogP contribution in [0.3, 0.4) is 0 Å². The summed E-state index contributed by atoms with van der Waals surface area (Å²) in [5.74, 6) is -2.11. The molecule has 2 rings (SSSR count). The molecule has 0 saturated carbocycles. The molecule has 2 heterocycles. The summed E-state index contributed by atoms with van der Waals surface area (Å²) in [6.07, 6.45) is -4.65. The molecule has 0 aliphatic rings. The van der Waals surface area contributed by atoms with Crippen LogP contribution in [-0.4, -0.2) is 48.9 Å². The molecule has 0 radical (unpaired) electrons. The van der Waals surface area contributed by atoms with Crippen molar-refractivity contribution >= 4 is 18.3 Å². The number of hydrogen-bond acceptors (Lipinski definition) is 6. The molecule has 2 aromatic heterocycles. The SMILES string of the molecule is Cc1nc(C(=O)NCC(C)CN)nn1-c1n[nH]c(C(F)(F)F)n1.Cl. The van der Waals surface area contributed by atoms with Crippen molar-refractivity contribution in [3.8, 4) is 5.95 Å². The maximum Gasteiger partial charge on any atom is 0.451 e. The van der Waals surface area contributed by atoms with Gasteiger partial charge < -0.3 is 11.1 Å². The van der Waals surface area contributed by atoms with Crippen LogP contribution in [0.15, 0.2) is 0 Å². The molecule has 134 valence electrons. The molecule has 4 N–H and O–H groups in total. The van der Waals surface area contributed by atoms with Gasteiger partial charge >= 0.3 is 6.18 Å². The standard InChI is InChI=1S/C11H15F3N8O.ClH/c1-5(3-15)4-16-8(23)7-17-6(2)22(21-7)10-18-9(19-20-10)11(12,13)14;/h5H,3-4,15H2,1-2H3,(H,16,23)(H,18,19,20);1H. The lowest BCUT2D eigenvalue weighted by molar-refractivity contribution is -0.144. The van der Waals surface area contributed by atoms with Gasteiger partial charge in [-0.3, -0.25) is 9.89 Å². The summed E-state index contributed by atoms with van der Waals surface area (Å²) in [6, 6.07) is 0. The fraction of sp³-hybridized carbons (Fsp3) is 0.545. The van der Waals surface area contributed by atoms with Gasteiger partial charge in [0.1, 0.15) is 5.82 Å². The largest absolute Gasteiger partial charge is 0.451 e. The second-order valence-electron chi connectivity index (χ2n) is 4.93. The number of nitrogens with one attached hydrogen (secondary N) is 2. The van der Waals surface area contributed by atoms with Gasteiger partial charge in [0.2, 0.25) is 11.6 Å². The van der Waals surface area contributed by atoms with Crippen LogP contribution in [0.25, 0.3) is 5.95 Å². The lowest BCUT2D eigenvalue weighted by Crippen LogP contribution is -2.32. The topological polar surface area (TPSA) is 127 Å². The van der Waals surface area contributed by atoms with Gasteiger partial charge in [0.05, 0.1) is 0 Å². The summed E-state index contributed by atoms with van der Waals surface area (Å²) in [5.41, 5.74) is 5.44. The van der Waals surface area contributed by atoms with Crippen molar-refractivity contribution in [2.24, 2.45) is 11.7 Å². The van der Waals surface area contributed by atoms with Crippen molar-refractivity contribution < 1.29 is 18.0 Å². The fourth-order valence-electron chi connectivity index (χ4n) is 1.58. The van der Waals surface area contributed by atoms with Crippen molar-refractivity contribution in [2.75, 3.05) is 13.1 Å². The first-order valence-electron chi connectivity index (χ1n) is 6.64. The van der Waals surface area contributed by atoms with E-state index in [-0.39, 0.29) is 35.9 Å². The van der Waals surface area contributed by atoms with E-state index in [1.807, 2.05) is 6.92 Å². The van der Waals surface area contributed by atoms with Crippen molar-refractivity contribution in [2.45, 2.75) is 20.0 Å². The number of aromatic nitrogens is 6. The Labute approximate surface area is 140 Å². The van der Waals surface area contributed by atoms with Crippen LogP contribution in [-0.2, 0) is 6.18 Å². The number of aryl methyl sites for hydroxylation is 1. The zero-order valence-electron chi connectivity index (χ0n) is 12.8. The van der Waals surface area contributed by atoms with E-state index in [4.69, 9.17) is 5.73 Å². The fourth-order valence-corrected chi connectivity index (χ4v) is 1.58. The number of alkyl halides is 3. The smallest absolute Gasteiger partial charge is 0.349 e. The van der Waals surface area contributed by atoms with Crippen molar-refractivity contribution in [3.63, 3.8) is 0 Å². The number of nitrogens with zero attached hydrogens (tertiary/aromatic N) is 5. The molecule has 0 fully saturated rings. The van der Waals surface area contributed by atoms with E-state index in [0.717, 1.165) is 4.68 Å². The maximum absolute atomic E-state index is 12.5. The van der Waals surface area contributed by atoms with E-state index >= 15 is 0 Å². The number of hydrogen-bond donors (Lipinski definition) is 3. The van der Waals surface area contributed by atoms with E-state index in [1.165, 1.54) is 6.92 Å². The molecule has 1 amide bonds. The summed E-state index contributed by atoms with van der Waals surface area (Å²) in [6.45, 7) is 4.06. The number of aromatic amines is 1. The third-order valence-corrected chi connectivity index (χ3v) is 2.92. The third kappa shape index (κ3) is 4.41. The van der Waals surface area contributed by atoms with Crippen LogP contribution in [0.2, 0.25) is 0 Å². The molecule has 0 aliphatic carbocycles. The van der Waals surface area contributed by atoms with Crippen molar-refractivity contribution in [1.29, 1.82) is 0 Å². The average molecular weight is 369 g/mol. The highest BCUT2D eigenvalue weighted by Gasteiger charge is 2.35. The molecule has 0 bridgehead atoms. The molecule has 1 atom stereocenters. The van der Waals surface area contributed by atoms with E-state index in [0.29, 0.717) is 13.1 Å². The second kappa shape index (κ2) is 7.57. The normalized spacial score (nSPS) is 12.6. The number of carbonyl (C=O) groups is 1. The molecule has 9 nitrogen and oxygen atoms in total. The van der Waals surface area contributed by atoms with Crippen LogP contribution in [0.4, 0.5) is 13.2 Å². The molecule has 0 aromatic carbocycles. The van der Waals surface area contributed by atoms with Gasteiger partial charge in [0, 0.05) is 6.54 Å². The Morgan fingerprint density at radius 2 is 2.08 bits per heavy atom. The average Bonchev–Trinajstić information content (AvgIpc) is 3.10. The second-order valence-corrected chi connectivity index (χ2v) is 4.93. The number of H-pyrrole nitrogens is 1. The van der Waals surface area contributed by atoms with Gasteiger partial charge in [-0.05, 0) is 19.4 Å². The van der Waals surface area contributed by atoms with E-state index < -0.39 is 17.9 Å². The Hall–Kier alpha value is -2.21. The lowest BCUT2D eigenvalue weighted by atomic mass is 10.2. The number of rotatable bonds is 5. The first-order valence-corrected chi connectivity index (χ1v) is 6.64. The summed E-state index contributed by atoms with van der Waals surface area (Å²) in [5, 5.41) is 11.6. The van der Waals surface area contributed by atoms with Crippen molar-refractivity contribution in [3.05, 3.63) is 17.5 Å². The lowest BCUT2D eigenvalue weighted by Gasteiger charge is -2.07. The predicted octanol–water partition coefficient (Wildman–Crippen LogP) is 0.459. The summed E-state index contributed by atoms with van der Waals surface area (Å²) in [4.78, 5) is 19.1. The van der Waals surface area contributed by atoms with Crippen LogP contribution in [0.5, 0.6) is 0 Å². The minimum Gasteiger partial charge on any atom is -0.349 e. The molecule has 0 spiro atoms. The summed E-state index contributed by atoms with van der Waals surface area (Å²) in [7, 11) is 0. The number of halogens is 4. The summed E-state index contributed by atoms with van der Waals surface area (Å²) >= 11 is 0. The van der Waals surface area contributed by atoms with E-state index in [9.17, 15) is 18.0 Å². The molecule has 0 saturated heterocycles. The predicted molar refractivity (Wildman–Crippen MR) is 78.8 cm³/mol. The Morgan fingerprint density at radius 3 is 2.62 bits per heavy atom. The van der Waals surface area contributed by atoms with Gasteiger partial charge in [-0.1, -0.05) is 6.92 Å². The minimum absolute atomic E-state index is 0. The quantitative estimate of drug-likeness (QED) is 0.703. The van der Waals surface area contributed by atoms with Crippen LogP contribution in [0.1, 0.15) is 29.2 Å². The number of carbonyl (C=O) groups excluding carboxylic acids is 1. The highest BCUT2D eigenvalue weighted by molar-refractivity contribution is 5.90. The van der Waals surface area contributed by atoms with Crippen LogP contribution in [0, 0.1) is 12.8 Å². The highest BCUT2D eigenvalue weighted by atomic mass is 35.5. The monoisotopic (exact) mass is 368 g/mol. The highest BCUT2D eigenvalue weighted by Crippen LogP contribution is 2.26. The first-order chi connectivity index (χ1) is 10.7. The van der Waals surface area contributed by atoms with Crippen LogP contribution >= 0.6 is 12.4 Å². The Kier molecular flexibility index (Phi) is 6.26. The molecule has 13 heteroatoms.